The second kappa shape index (κ2) is 4.88. The fraction of sp³-hybridized carbons (Fsp3) is 0.588. The van der Waals surface area contributed by atoms with E-state index in [1.807, 2.05) is 13.0 Å². The Labute approximate surface area is 120 Å². The summed E-state index contributed by atoms with van der Waals surface area (Å²) in [6, 6.07) is 6.66. The molecule has 2 bridgehead atoms. The van der Waals surface area contributed by atoms with Gasteiger partial charge in [-0.1, -0.05) is 19.9 Å². The van der Waals surface area contributed by atoms with Crippen molar-refractivity contribution in [2.24, 2.45) is 5.92 Å². The molecule has 0 spiro atoms. The molecule has 20 heavy (non-hydrogen) atoms. The second-order valence-corrected chi connectivity index (χ2v) is 6.31. The van der Waals surface area contributed by atoms with Crippen molar-refractivity contribution >= 4 is 5.97 Å². The van der Waals surface area contributed by atoms with Crippen LogP contribution in [0.5, 0.6) is 0 Å². The minimum Gasteiger partial charge on any atom is -0.462 e. The molecule has 0 saturated carbocycles. The highest BCUT2D eigenvalue weighted by Gasteiger charge is 2.45. The lowest BCUT2D eigenvalue weighted by Crippen LogP contribution is -2.56. The highest BCUT2D eigenvalue weighted by atomic mass is 16.5. The van der Waals surface area contributed by atoms with E-state index in [1.54, 1.807) is 0 Å². The third-order valence-corrected chi connectivity index (χ3v) is 5.34. The lowest BCUT2D eigenvalue weighted by Gasteiger charge is -2.50. The van der Waals surface area contributed by atoms with Gasteiger partial charge in [-0.15, -0.1) is 0 Å². The summed E-state index contributed by atoms with van der Waals surface area (Å²) in [6.07, 6.45) is 2.19. The van der Waals surface area contributed by atoms with Crippen molar-refractivity contribution in [1.82, 2.24) is 5.32 Å². The van der Waals surface area contributed by atoms with Crippen molar-refractivity contribution in [1.29, 1.82) is 0 Å². The Bertz CT molecular complexity index is 540. The summed E-state index contributed by atoms with van der Waals surface area (Å²) in [5.74, 6) is 0.392. The molecule has 1 aromatic rings. The minimum atomic E-state index is -0.206. The van der Waals surface area contributed by atoms with E-state index in [0.29, 0.717) is 24.1 Å². The highest BCUT2D eigenvalue weighted by Crippen LogP contribution is 2.46. The average molecular weight is 273 g/mol. The molecule has 1 saturated heterocycles. The number of benzene rings is 1. The van der Waals surface area contributed by atoms with Crippen LogP contribution in [0.3, 0.4) is 0 Å². The second-order valence-electron chi connectivity index (χ2n) is 6.31. The van der Waals surface area contributed by atoms with E-state index in [-0.39, 0.29) is 11.4 Å². The van der Waals surface area contributed by atoms with Gasteiger partial charge in [-0.05, 0) is 60.9 Å². The summed E-state index contributed by atoms with van der Waals surface area (Å²) in [7, 11) is 0. The lowest BCUT2D eigenvalue weighted by molar-refractivity contribution is 0.0525. The van der Waals surface area contributed by atoms with E-state index < -0.39 is 0 Å². The van der Waals surface area contributed by atoms with E-state index in [9.17, 15) is 4.79 Å². The lowest BCUT2D eigenvalue weighted by atomic mass is 9.59. The standard InChI is InChI=1S/C17H23NO2/c1-4-20-16(19)13-6-5-12-10-15-11(2)17(3,7-8-18-15)14(12)9-13/h5-6,9,11,15,18H,4,7-8,10H2,1-3H3/t11?,15-,17-/m1/s1. The predicted molar refractivity (Wildman–Crippen MR) is 79.0 cm³/mol. The zero-order valence-electron chi connectivity index (χ0n) is 12.5. The van der Waals surface area contributed by atoms with Crippen molar-refractivity contribution in [3.05, 3.63) is 34.9 Å². The zero-order valence-corrected chi connectivity index (χ0v) is 12.5. The van der Waals surface area contributed by atoms with Gasteiger partial charge in [-0.25, -0.2) is 4.79 Å². The van der Waals surface area contributed by atoms with E-state index in [2.05, 4.69) is 31.3 Å². The molecule has 3 nitrogen and oxygen atoms in total. The largest absolute Gasteiger partial charge is 0.462 e. The van der Waals surface area contributed by atoms with Crippen molar-refractivity contribution < 1.29 is 9.53 Å². The van der Waals surface area contributed by atoms with Crippen LogP contribution >= 0.6 is 0 Å². The topological polar surface area (TPSA) is 38.3 Å². The number of esters is 1. The third-order valence-electron chi connectivity index (χ3n) is 5.34. The first kappa shape index (κ1) is 13.6. The van der Waals surface area contributed by atoms with Crippen LogP contribution in [-0.4, -0.2) is 25.2 Å². The summed E-state index contributed by atoms with van der Waals surface area (Å²) in [4.78, 5) is 12.0. The van der Waals surface area contributed by atoms with Gasteiger partial charge in [0.1, 0.15) is 0 Å². The Morgan fingerprint density at radius 2 is 2.30 bits per heavy atom. The Hall–Kier alpha value is -1.35. The normalized spacial score (nSPS) is 31.6. The summed E-state index contributed by atoms with van der Waals surface area (Å²) >= 11 is 0. The number of fused-ring (bicyclic) bond motifs is 4. The van der Waals surface area contributed by atoms with Crippen LogP contribution in [0.15, 0.2) is 18.2 Å². The van der Waals surface area contributed by atoms with Gasteiger partial charge in [0.05, 0.1) is 12.2 Å². The van der Waals surface area contributed by atoms with Gasteiger partial charge in [0.15, 0.2) is 0 Å². The Morgan fingerprint density at radius 3 is 3.05 bits per heavy atom. The summed E-state index contributed by atoms with van der Waals surface area (Å²) < 4.78 is 5.13. The van der Waals surface area contributed by atoms with Crippen LogP contribution in [-0.2, 0) is 16.6 Å². The molecule has 3 rings (SSSR count). The molecule has 1 N–H and O–H groups in total. The number of hydrogen-bond acceptors (Lipinski definition) is 3. The number of piperidine rings is 1. The van der Waals surface area contributed by atoms with Crippen LogP contribution < -0.4 is 5.32 Å². The van der Waals surface area contributed by atoms with E-state index in [0.717, 1.165) is 19.4 Å². The first-order valence-electron chi connectivity index (χ1n) is 7.60. The quantitative estimate of drug-likeness (QED) is 0.842. The molecular weight excluding hydrogens is 250 g/mol. The molecular formula is C17H23NO2. The van der Waals surface area contributed by atoms with Gasteiger partial charge in [-0.2, -0.15) is 0 Å². The van der Waals surface area contributed by atoms with Crippen LogP contribution in [0.2, 0.25) is 0 Å². The van der Waals surface area contributed by atoms with Crippen molar-refractivity contribution in [3.8, 4) is 0 Å². The maximum atomic E-state index is 12.0. The van der Waals surface area contributed by atoms with E-state index >= 15 is 0 Å². The number of nitrogens with one attached hydrogen (secondary N) is 1. The number of hydrogen-bond donors (Lipinski definition) is 1. The summed E-state index contributed by atoms with van der Waals surface area (Å²) in [5.41, 5.74) is 3.60. The molecule has 108 valence electrons. The Kier molecular flexibility index (Phi) is 3.33. The van der Waals surface area contributed by atoms with Crippen molar-refractivity contribution in [2.45, 2.75) is 45.1 Å². The van der Waals surface area contributed by atoms with E-state index in [1.165, 1.54) is 11.1 Å². The molecule has 0 amide bonds. The highest BCUT2D eigenvalue weighted by molar-refractivity contribution is 5.89. The van der Waals surface area contributed by atoms with Crippen molar-refractivity contribution in [3.63, 3.8) is 0 Å². The number of carbonyl (C=O) groups is 1. The van der Waals surface area contributed by atoms with Gasteiger partial charge in [0.25, 0.3) is 0 Å². The number of rotatable bonds is 2. The number of carbonyl (C=O) groups excluding carboxylic acids is 1. The molecule has 1 heterocycles. The molecule has 0 radical (unpaired) electrons. The van der Waals surface area contributed by atoms with Gasteiger partial charge in [0, 0.05) is 6.04 Å². The maximum Gasteiger partial charge on any atom is 0.338 e. The molecule has 3 atom stereocenters. The molecule has 1 aromatic carbocycles. The van der Waals surface area contributed by atoms with Crippen molar-refractivity contribution in [2.75, 3.05) is 13.2 Å². The van der Waals surface area contributed by atoms with Crippen LogP contribution in [0, 0.1) is 5.92 Å². The van der Waals surface area contributed by atoms with Gasteiger partial charge in [-0.3, -0.25) is 0 Å². The van der Waals surface area contributed by atoms with Crippen LogP contribution in [0.4, 0.5) is 0 Å². The van der Waals surface area contributed by atoms with Gasteiger partial charge < -0.3 is 10.1 Å². The van der Waals surface area contributed by atoms with Crippen LogP contribution in [0.1, 0.15) is 48.7 Å². The molecule has 3 heteroatoms. The molecule has 1 unspecified atom stereocenters. The predicted octanol–water partition coefficient (Wildman–Crippen LogP) is 2.68. The fourth-order valence-corrected chi connectivity index (χ4v) is 3.86. The first-order valence-corrected chi connectivity index (χ1v) is 7.60. The first-order chi connectivity index (χ1) is 9.56. The third kappa shape index (κ3) is 1.96. The van der Waals surface area contributed by atoms with Crippen LogP contribution in [0.25, 0.3) is 0 Å². The zero-order chi connectivity index (χ0) is 14.3. The Morgan fingerprint density at radius 1 is 1.50 bits per heavy atom. The monoisotopic (exact) mass is 273 g/mol. The molecule has 0 aromatic heterocycles. The summed E-state index contributed by atoms with van der Waals surface area (Å²) in [6.45, 7) is 8.01. The maximum absolute atomic E-state index is 12.0. The minimum absolute atomic E-state index is 0.173. The number of ether oxygens (including phenoxy) is 1. The SMILES string of the molecule is CCOC(=O)c1ccc2c(c1)[C@]1(C)CCN[C@H](C2)C1C. The smallest absolute Gasteiger partial charge is 0.338 e. The summed E-state index contributed by atoms with van der Waals surface area (Å²) in [5, 5.41) is 3.63. The molecule has 1 aliphatic heterocycles. The molecule has 2 aliphatic rings. The molecule has 1 fully saturated rings. The van der Waals surface area contributed by atoms with Gasteiger partial charge >= 0.3 is 5.97 Å². The Balaban J connectivity index is 2.04. The average Bonchev–Trinajstić information content (AvgIpc) is 2.42. The van der Waals surface area contributed by atoms with Gasteiger partial charge in [0.2, 0.25) is 0 Å². The molecule has 1 aliphatic carbocycles. The van der Waals surface area contributed by atoms with E-state index in [4.69, 9.17) is 4.74 Å². The fourth-order valence-electron chi connectivity index (χ4n) is 3.86.